The molecule has 0 atom stereocenters. The summed E-state index contributed by atoms with van der Waals surface area (Å²) in [6, 6.07) is 51.7. The molecule has 0 fully saturated rings. The SMILES string of the molecule is COc1ccc2c(c1)Oc1cc(=C3C=CC(=NCCCC[P+](c4ccccc4)(c4ccccc4)c4ccccc4)C=C3)ccc1=C2c1ccccc1C(=O)[O-]. The fraction of sp³-hybridized carbons (Fsp3) is 0.102. The van der Waals surface area contributed by atoms with E-state index in [-0.39, 0.29) is 5.56 Å². The normalized spacial score (nSPS) is 13.1. The minimum absolute atomic E-state index is 0.125. The zero-order valence-corrected chi connectivity index (χ0v) is 31.5. The number of hydrogen-bond donors (Lipinski definition) is 0. The zero-order chi connectivity index (χ0) is 37.6. The number of carbonyl (C=O) groups is 1. The monoisotopic (exact) mass is 737 g/mol. The lowest BCUT2D eigenvalue weighted by atomic mass is 9.89. The molecule has 5 nitrogen and oxygen atoms in total. The van der Waals surface area contributed by atoms with Gasteiger partial charge in [-0.3, -0.25) is 4.99 Å². The van der Waals surface area contributed by atoms with Crippen LogP contribution in [0.15, 0.2) is 181 Å². The highest BCUT2D eigenvalue weighted by molar-refractivity contribution is 7.95. The van der Waals surface area contributed by atoms with Crippen LogP contribution >= 0.6 is 7.26 Å². The average Bonchev–Trinajstić information content (AvgIpc) is 3.25. The quantitative estimate of drug-likeness (QED) is 0.107. The molecule has 6 aromatic carbocycles. The van der Waals surface area contributed by atoms with Crippen LogP contribution in [0.1, 0.15) is 34.3 Å². The van der Waals surface area contributed by atoms with Gasteiger partial charge in [-0.2, -0.15) is 0 Å². The Morgan fingerprint density at radius 3 is 1.89 bits per heavy atom. The molecule has 55 heavy (non-hydrogen) atoms. The van der Waals surface area contributed by atoms with Crippen LogP contribution < -0.4 is 40.9 Å². The molecule has 6 heteroatoms. The standard InChI is InChI=1S/C49H40NO4P/c1-53-38-28-30-45-47(34-38)54-46-33-36(25-29-44(46)48(45)42-21-11-12-22-43(42)49(51)52)35-23-26-37(27-24-35)50-31-13-14-32-55(39-15-5-2-6-16-39,40-17-7-3-8-18-40)41-19-9-4-10-20-41/h2-12,15-30,33-34H,13-14,31-32H2,1H3. The number of benzene rings is 6. The van der Waals surface area contributed by atoms with Crippen molar-refractivity contribution in [2.75, 3.05) is 19.8 Å². The summed E-state index contributed by atoms with van der Waals surface area (Å²) in [4.78, 5) is 17.1. The molecule has 0 bridgehead atoms. The van der Waals surface area contributed by atoms with E-state index in [2.05, 4.69) is 115 Å². The maximum Gasteiger partial charge on any atom is 0.139 e. The Bertz CT molecular complexity index is 2460. The summed E-state index contributed by atoms with van der Waals surface area (Å²) in [6.45, 7) is 0.749. The Balaban J connectivity index is 1.04. The highest BCUT2D eigenvalue weighted by Crippen LogP contribution is 2.56. The largest absolute Gasteiger partial charge is 0.545 e. The fourth-order valence-corrected chi connectivity index (χ4v) is 12.1. The van der Waals surface area contributed by atoms with Gasteiger partial charge in [-0.1, -0.05) is 97.1 Å². The number of hydrogen-bond acceptors (Lipinski definition) is 5. The summed E-state index contributed by atoms with van der Waals surface area (Å²) in [7, 11) is -0.245. The molecule has 0 spiro atoms. The van der Waals surface area contributed by atoms with Crippen molar-refractivity contribution in [1.82, 2.24) is 0 Å². The first kappa shape index (κ1) is 35.7. The van der Waals surface area contributed by atoms with Gasteiger partial charge in [-0.05, 0) is 102 Å². The molecular weight excluding hydrogens is 698 g/mol. The molecule has 0 N–H and O–H groups in total. The van der Waals surface area contributed by atoms with Crippen molar-refractivity contribution in [3.05, 3.63) is 203 Å². The summed E-state index contributed by atoms with van der Waals surface area (Å²) in [5.41, 5.74) is 4.24. The minimum Gasteiger partial charge on any atom is -0.545 e. The summed E-state index contributed by atoms with van der Waals surface area (Å²) in [5.74, 6) is 0.650. The number of aromatic carboxylic acids is 1. The number of carboxylic acid groups (broad SMARTS) is 1. The molecule has 270 valence electrons. The van der Waals surface area contributed by atoms with Crippen LogP contribution in [0.2, 0.25) is 0 Å². The van der Waals surface area contributed by atoms with Gasteiger partial charge in [-0.25, -0.2) is 0 Å². The number of fused-ring (bicyclic) bond motifs is 2. The molecule has 0 saturated carbocycles. The van der Waals surface area contributed by atoms with Gasteiger partial charge < -0.3 is 19.4 Å². The number of aliphatic imine (C=N–C) groups is 1. The van der Waals surface area contributed by atoms with E-state index in [1.165, 1.54) is 15.9 Å². The third-order valence-electron chi connectivity index (χ3n) is 10.3. The first-order valence-electron chi connectivity index (χ1n) is 18.6. The van der Waals surface area contributed by atoms with Crippen LogP contribution in [0.5, 0.6) is 17.2 Å². The Labute approximate surface area is 322 Å². The third-order valence-corrected chi connectivity index (χ3v) is 14.9. The number of rotatable bonds is 11. The molecule has 0 unspecified atom stereocenters. The number of carboxylic acids is 1. The molecule has 0 saturated heterocycles. The molecule has 1 aliphatic heterocycles. The van der Waals surface area contributed by atoms with Crippen molar-refractivity contribution >= 4 is 46.0 Å². The molecule has 0 amide bonds. The van der Waals surface area contributed by atoms with Crippen molar-refractivity contribution in [3.63, 3.8) is 0 Å². The van der Waals surface area contributed by atoms with Gasteiger partial charge in [0.05, 0.1) is 25.0 Å². The van der Waals surface area contributed by atoms with Gasteiger partial charge in [0.25, 0.3) is 0 Å². The Morgan fingerprint density at radius 2 is 1.27 bits per heavy atom. The van der Waals surface area contributed by atoms with Gasteiger partial charge in [0.2, 0.25) is 0 Å². The number of nitrogens with zero attached hydrogens (tertiary/aromatic N) is 1. The molecule has 6 aromatic rings. The van der Waals surface area contributed by atoms with Crippen LogP contribution in [0.4, 0.5) is 0 Å². The van der Waals surface area contributed by atoms with E-state index < -0.39 is 13.2 Å². The molecule has 1 heterocycles. The number of carbonyl (C=O) groups excluding carboxylic acids is 1. The Morgan fingerprint density at radius 1 is 0.655 bits per heavy atom. The highest BCUT2D eigenvalue weighted by atomic mass is 31.2. The average molecular weight is 738 g/mol. The zero-order valence-electron chi connectivity index (χ0n) is 30.6. The Hall–Kier alpha value is -6.29. The fourth-order valence-electron chi connectivity index (χ4n) is 7.66. The molecule has 1 aliphatic carbocycles. The van der Waals surface area contributed by atoms with Crippen molar-refractivity contribution in [3.8, 4) is 17.2 Å². The van der Waals surface area contributed by atoms with Crippen molar-refractivity contribution in [2.45, 2.75) is 12.8 Å². The summed E-state index contributed by atoms with van der Waals surface area (Å²) in [5, 5.41) is 18.2. The maximum absolute atomic E-state index is 12.2. The van der Waals surface area contributed by atoms with E-state index >= 15 is 0 Å². The van der Waals surface area contributed by atoms with Gasteiger partial charge in [-0.15, -0.1) is 0 Å². The lowest BCUT2D eigenvalue weighted by Gasteiger charge is -2.27. The summed E-state index contributed by atoms with van der Waals surface area (Å²) < 4.78 is 11.9. The van der Waals surface area contributed by atoms with Crippen LogP contribution in [0.25, 0.3) is 11.1 Å². The van der Waals surface area contributed by atoms with Crippen LogP contribution in [0.3, 0.4) is 0 Å². The highest BCUT2D eigenvalue weighted by Gasteiger charge is 2.44. The summed E-state index contributed by atoms with van der Waals surface area (Å²) in [6.07, 6.45) is 11.4. The van der Waals surface area contributed by atoms with Crippen LogP contribution in [-0.2, 0) is 0 Å². The number of allylic oxidation sites excluding steroid dienone is 4. The number of methoxy groups -OCH3 is 1. The van der Waals surface area contributed by atoms with E-state index in [9.17, 15) is 9.90 Å². The molecule has 2 aliphatic rings. The van der Waals surface area contributed by atoms with E-state index in [4.69, 9.17) is 14.5 Å². The van der Waals surface area contributed by atoms with Gasteiger partial charge in [0, 0.05) is 34.5 Å². The predicted octanol–water partition coefficient (Wildman–Crippen LogP) is 6.90. The lowest BCUT2D eigenvalue weighted by molar-refractivity contribution is -0.255. The summed E-state index contributed by atoms with van der Waals surface area (Å²) >= 11 is 0. The van der Waals surface area contributed by atoms with Gasteiger partial charge >= 0.3 is 0 Å². The van der Waals surface area contributed by atoms with Gasteiger partial charge in [0.1, 0.15) is 40.4 Å². The second-order valence-electron chi connectivity index (χ2n) is 13.6. The van der Waals surface area contributed by atoms with E-state index in [1.54, 1.807) is 19.2 Å². The van der Waals surface area contributed by atoms with Gasteiger partial charge in [0.15, 0.2) is 0 Å². The number of ether oxygens (including phenoxy) is 2. The number of unbranched alkanes of at least 4 members (excludes halogenated alkanes) is 1. The molecular formula is C49H40NO4P. The van der Waals surface area contributed by atoms with Crippen LogP contribution in [-0.4, -0.2) is 31.5 Å². The smallest absolute Gasteiger partial charge is 0.139 e. The predicted molar refractivity (Wildman–Crippen MR) is 224 cm³/mol. The van der Waals surface area contributed by atoms with Crippen molar-refractivity contribution in [2.24, 2.45) is 4.99 Å². The lowest BCUT2D eigenvalue weighted by Crippen LogP contribution is -2.33. The topological polar surface area (TPSA) is 71.0 Å². The van der Waals surface area contributed by atoms with E-state index in [1.807, 2.05) is 48.5 Å². The molecule has 8 rings (SSSR count). The second kappa shape index (κ2) is 16.0. The first-order valence-corrected chi connectivity index (χ1v) is 20.5. The maximum atomic E-state index is 12.2. The molecule has 0 aromatic heterocycles. The third kappa shape index (κ3) is 7.19. The first-order chi connectivity index (χ1) is 27.0. The van der Waals surface area contributed by atoms with E-state index in [0.717, 1.165) is 58.4 Å². The molecule has 0 radical (unpaired) electrons. The Kier molecular flexibility index (Phi) is 10.4. The van der Waals surface area contributed by atoms with Crippen LogP contribution in [0, 0.1) is 0 Å². The second-order valence-corrected chi connectivity index (χ2v) is 17.2. The minimum atomic E-state index is -1.85. The van der Waals surface area contributed by atoms with Crippen molar-refractivity contribution in [1.29, 1.82) is 0 Å². The van der Waals surface area contributed by atoms with Crippen molar-refractivity contribution < 1.29 is 19.4 Å². The van der Waals surface area contributed by atoms with E-state index in [0.29, 0.717) is 22.8 Å².